The zero-order chi connectivity index (χ0) is 11.7. The van der Waals surface area contributed by atoms with Gasteiger partial charge in [-0.15, -0.1) is 0 Å². The molecular formula is C11H11NO4. The van der Waals surface area contributed by atoms with Crippen LogP contribution < -0.4 is 0 Å². The highest BCUT2D eigenvalue weighted by atomic mass is 16.6. The Bertz CT molecular complexity index is 443. The Kier molecular flexibility index (Phi) is 2.60. The summed E-state index contributed by atoms with van der Waals surface area (Å²) in [6.07, 6.45) is -0.426. The molecule has 5 nitrogen and oxygen atoms in total. The van der Waals surface area contributed by atoms with E-state index in [1.165, 1.54) is 6.92 Å². The van der Waals surface area contributed by atoms with Crippen LogP contribution >= 0.6 is 0 Å². The highest BCUT2D eigenvalue weighted by Crippen LogP contribution is 2.35. The van der Waals surface area contributed by atoms with Gasteiger partial charge >= 0.3 is 5.97 Å². The Morgan fingerprint density at radius 2 is 2.19 bits per heavy atom. The number of carbonyl (C=O) groups is 1. The fraction of sp³-hybridized carbons (Fsp3) is 0.364. The van der Waals surface area contributed by atoms with E-state index in [1.807, 2.05) is 12.1 Å². The molecule has 0 bridgehead atoms. The number of hydrogen-bond acceptors (Lipinski definition) is 4. The van der Waals surface area contributed by atoms with Crippen molar-refractivity contribution >= 4 is 5.97 Å². The molecule has 84 valence electrons. The number of hydrogen-bond donors (Lipinski definition) is 0. The van der Waals surface area contributed by atoms with Crippen molar-refractivity contribution in [2.24, 2.45) is 0 Å². The Morgan fingerprint density at radius 1 is 1.50 bits per heavy atom. The lowest BCUT2D eigenvalue weighted by Gasteiger charge is -2.13. The van der Waals surface area contributed by atoms with E-state index in [4.69, 9.17) is 4.74 Å². The number of ether oxygens (including phenoxy) is 1. The molecular weight excluding hydrogens is 210 g/mol. The van der Waals surface area contributed by atoms with Crippen molar-refractivity contribution in [3.05, 3.63) is 45.5 Å². The van der Waals surface area contributed by atoms with E-state index >= 15 is 0 Å². The van der Waals surface area contributed by atoms with Crippen molar-refractivity contribution in [3.63, 3.8) is 0 Å². The molecule has 0 radical (unpaired) electrons. The summed E-state index contributed by atoms with van der Waals surface area (Å²) in [4.78, 5) is 21.4. The Morgan fingerprint density at radius 3 is 2.81 bits per heavy atom. The molecule has 0 aromatic heterocycles. The fourth-order valence-corrected chi connectivity index (χ4v) is 2.04. The van der Waals surface area contributed by atoms with E-state index in [2.05, 4.69) is 0 Å². The van der Waals surface area contributed by atoms with Crippen molar-refractivity contribution in [3.8, 4) is 0 Å². The van der Waals surface area contributed by atoms with Crippen LogP contribution in [-0.2, 0) is 16.0 Å². The molecule has 1 aliphatic rings. The molecule has 5 heteroatoms. The molecule has 2 unspecified atom stereocenters. The predicted molar refractivity (Wildman–Crippen MR) is 55.4 cm³/mol. The molecule has 0 saturated carbocycles. The van der Waals surface area contributed by atoms with Gasteiger partial charge in [0, 0.05) is 23.8 Å². The van der Waals surface area contributed by atoms with Gasteiger partial charge in [0.15, 0.2) is 6.10 Å². The van der Waals surface area contributed by atoms with Crippen molar-refractivity contribution in [2.75, 3.05) is 0 Å². The topological polar surface area (TPSA) is 69.4 Å². The maximum Gasteiger partial charge on any atom is 0.303 e. The number of rotatable bonds is 2. The molecule has 2 atom stereocenters. The zero-order valence-electron chi connectivity index (χ0n) is 8.75. The van der Waals surface area contributed by atoms with Gasteiger partial charge in [-0.25, -0.2) is 0 Å². The highest BCUT2D eigenvalue weighted by molar-refractivity contribution is 5.66. The minimum atomic E-state index is -0.860. The average molecular weight is 221 g/mol. The van der Waals surface area contributed by atoms with Crippen LogP contribution in [0.3, 0.4) is 0 Å². The number of esters is 1. The van der Waals surface area contributed by atoms with Crippen molar-refractivity contribution in [1.29, 1.82) is 0 Å². The summed E-state index contributed by atoms with van der Waals surface area (Å²) in [5.41, 5.74) is 1.63. The summed E-state index contributed by atoms with van der Waals surface area (Å²) < 4.78 is 5.03. The van der Waals surface area contributed by atoms with Gasteiger partial charge in [0.2, 0.25) is 0 Å². The molecule has 0 amide bonds. The predicted octanol–water partition coefficient (Wildman–Crippen LogP) is 1.49. The summed E-state index contributed by atoms with van der Waals surface area (Å²) >= 11 is 0. The third-order valence-corrected chi connectivity index (χ3v) is 2.70. The van der Waals surface area contributed by atoms with Crippen LogP contribution in [0.5, 0.6) is 0 Å². The summed E-state index contributed by atoms with van der Waals surface area (Å²) in [7, 11) is 0. The fourth-order valence-electron chi connectivity index (χ4n) is 2.04. The molecule has 0 heterocycles. The van der Waals surface area contributed by atoms with Crippen LogP contribution in [0.25, 0.3) is 0 Å². The van der Waals surface area contributed by atoms with Crippen LogP contribution in [-0.4, -0.2) is 16.9 Å². The summed E-state index contributed by atoms with van der Waals surface area (Å²) in [6, 6.07) is 6.35. The summed E-state index contributed by atoms with van der Waals surface area (Å²) in [5, 5.41) is 10.9. The molecule has 0 spiro atoms. The smallest absolute Gasteiger partial charge is 0.303 e. The van der Waals surface area contributed by atoms with Gasteiger partial charge < -0.3 is 4.74 Å². The molecule has 0 fully saturated rings. The average Bonchev–Trinajstić information content (AvgIpc) is 2.57. The van der Waals surface area contributed by atoms with E-state index in [9.17, 15) is 14.9 Å². The second-order valence-electron chi connectivity index (χ2n) is 3.79. The summed E-state index contributed by atoms with van der Waals surface area (Å²) in [5.74, 6) is -0.492. The maximum absolute atomic E-state index is 10.9. The Balaban J connectivity index is 2.35. The first kappa shape index (κ1) is 10.6. The minimum Gasteiger partial charge on any atom is -0.450 e. The first-order valence-corrected chi connectivity index (χ1v) is 4.98. The van der Waals surface area contributed by atoms with Gasteiger partial charge in [0.1, 0.15) is 0 Å². The molecule has 2 rings (SSSR count). The second-order valence-corrected chi connectivity index (χ2v) is 3.79. The quantitative estimate of drug-likeness (QED) is 0.431. The minimum absolute atomic E-state index is 0.321. The molecule has 1 aromatic carbocycles. The largest absolute Gasteiger partial charge is 0.450 e. The number of carbonyl (C=O) groups excluding carboxylic acids is 1. The van der Waals surface area contributed by atoms with Gasteiger partial charge in [-0.2, -0.15) is 0 Å². The number of fused-ring (bicyclic) bond motifs is 1. The molecule has 0 aliphatic heterocycles. The Hall–Kier alpha value is -1.91. The lowest BCUT2D eigenvalue weighted by atomic mass is 10.1. The maximum atomic E-state index is 10.9. The van der Waals surface area contributed by atoms with Crippen molar-refractivity contribution in [1.82, 2.24) is 0 Å². The van der Waals surface area contributed by atoms with Crippen LogP contribution in [0.15, 0.2) is 24.3 Å². The number of benzene rings is 1. The zero-order valence-corrected chi connectivity index (χ0v) is 8.75. The first-order valence-electron chi connectivity index (χ1n) is 4.98. The van der Waals surface area contributed by atoms with Gasteiger partial charge in [0.05, 0.1) is 0 Å². The van der Waals surface area contributed by atoms with E-state index < -0.39 is 18.1 Å². The molecule has 0 N–H and O–H groups in total. The Labute approximate surface area is 92.2 Å². The van der Waals surface area contributed by atoms with E-state index in [1.54, 1.807) is 12.1 Å². The standard InChI is InChI=1S/C11H11NO4/c1-7(13)16-11-9-5-3-2-4-8(9)6-10(11)12(14)15/h2-5,10-11H,6H2,1H3. The first-order chi connectivity index (χ1) is 7.59. The van der Waals surface area contributed by atoms with Gasteiger partial charge in [0.25, 0.3) is 6.04 Å². The molecule has 1 aliphatic carbocycles. The van der Waals surface area contributed by atoms with Crippen LogP contribution in [0.1, 0.15) is 24.2 Å². The molecule has 16 heavy (non-hydrogen) atoms. The lowest BCUT2D eigenvalue weighted by Crippen LogP contribution is -2.27. The highest BCUT2D eigenvalue weighted by Gasteiger charge is 2.42. The van der Waals surface area contributed by atoms with Crippen LogP contribution in [0, 0.1) is 10.1 Å². The second kappa shape index (κ2) is 3.92. The normalized spacial score (nSPS) is 22.6. The summed E-state index contributed by atoms with van der Waals surface area (Å²) in [6.45, 7) is 1.26. The van der Waals surface area contributed by atoms with Gasteiger partial charge in [-0.1, -0.05) is 24.3 Å². The van der Waals surface area contributed by atoms with E-state index in [0.717, 1.165) is 11.1 Å². The number of nitrogens with zero attached hydrogens (tertiary/aromatic N) is 1. The monoisotopic (exact) mass is 221 g/mol. The van der Waals surface area contributed by atoms with Crippen molar-refractivity contribution < 1.29 is 14.5 Å². The van der Waals surface area contributed by atoms with Gasteiger partial charge in [-0.3, -0.25) is 14.9 Å². The third-order valence-electron chi connectivity index (χ3n) is 2.70. The van der Waals surface area contributed by atoms with Crippen LogP contribution in [0.2, 0.25) is 0 Å². The molecule has 0 saturated heterocycles. The molecule has 1 aromatic rings. The van der Waals surface area contributed by atoms with Crippen LogP contribution in [0.4, 0.5) is 0 Å². The number of nitro groups is 1. The van der Waals surface area contributed by atoms with Gasteiger partial charge in [-0.05, 0) is 5.56 Å². The SMILES string of the molecule is CC(=O)OC1c2ccccc2CC1[N+](=O)[O-]. The van der Waals surface area contributed by atoms with E-state index in [-0.39, 0.29) is 4.92 Å². The lowest BCUT2D eigenvalue weighted by molar-refractivity contribution is -0.532. The van der Waals surface area contributed by atoms with Crippen molar-refractivity contribution in [2.45, 2.75) is 25.5 Å². The van der Waals surface area contributed by atoms with E-state index in [0.29, 0.717) is 6.42 Å². The third kappa shape index (κ3) is 1.76.